The van der Waals surface area contributed by atoms with Crippen LogP contribution in [0, 0.1) is 13.8 Å². The Morgan fingerprint density at radius 1 is 1.19 bits per heavy atom. The summed E-state index contributed by atoms with van der Waals surface area (Å²) >= 11 is 0. The van der Waals surface area contributed by atoms with Crippen molar-refractivity contribution in [1.82, 2.24) is 19.9 Å². The number of rotatable bonds is 4. The van der Waals surface area contributed by atoms with Crippen LogP contribution >= 0.6 is 0 Å². The zero-order chi connectivity index (χ0) is 18.1. The van der Waals surface area contributed by atoms with Gasteiger partial charge in [0.2, 0.25) is 0 Å². The van der Waals surface area contributed by atoms with Crippen molar-refractivity contribution in [1.29, 1.82) is 0 Å². The largest absolute Gasteiger partial charge is 0.448 e. The van der Waals surface area contributed by atoms with Crippen molar-refractivity contribution in [3.63, 3.8) is 0 Å². The summed E-state index contributed by atoms with van der Waals surface area (Å²) in [5, 5.41) is 3.29. The number of amides is 1. The Balaban J connectivity index is 1.56. The highest BCUT2D eigenvalue weighted by molar-refractivity contribution is 5.92. The standard InChI is InChI=1S/C19H19N5O2/c1-12-20-15(10-18(21-12)23-14-6-4-3-5-7-14)17-8-9-24(17)19(25)16-11-26-13(2)22-16/h3-7,10-11,17H,8-9H2,1-2H3,(H,20,21,23). The van der Waals surface area contributed by atoms with E-state index in [1.165, 1.54) is 6.26 Å². The Morgan fingerprint density at radius 3 is 2.65 bits per heavy atom. The van der Waals surface area contributed by atoms with Crippen molar-refractivity contribution < 1.29 is 9.21 Å². The lowest BCUT2D eigenvalue weighted by Gasteiger charge is -2.40. The quantitative estimate of drug-likeness (QED) is 0.777. The van der Waals surface area contributed by atoms with Gasteiger partial charge in [-0.3, -0.25) is 4.79 Å². The Morgan fingerprint density at radius 2 is 2.00 bits per heavy atom. The minimum atomic E-state index is -0.132. The number of anilines is 2. The first-order valence-electron chi connectivity index (χ1n) is 8.51. The first-order valence-corrected chi connectivity index (χ1v) is 8.51. The maximum absolute atomic E-state index is 12.6. The van der Waals surface area contributed by atoms with Crippen molar-refractivity contribution >= 4 is 17.4 Å². The Kier molecular flexibility index (Phi) is 4.12. The molecule has 1 unspecified atom stereocenters. The molecule has 1 fully saturated rings. The van der Waals surface area contributed by atoms with E-state index < -0.39 is 0 Å². The third-order valence-electron chi connectivity index (χ3n) is 4.36. The van der Waals surface area contributed by atoms with Gasteiger partial charge in [0.1, 0.15) is 17.9 Å². The van der Waals surface area contributed by atoms with Crippen LogP contribution in [0.3, 0.4) is 0 Å². The number of nitrogens with one attached hydrogen (secondary N) is 1. The number of likely N-dealkylation sites (tertiary alicyclic amines) is 1. The van der Waals surface area contributed by atoms with Crippen LogP contribution in [0.1, 0.15) is 40.4 Å². The molecule has 7 nitrogen and oxygen atoms in total. The predicted octanol–water partition coefficient (Wildman–Crippen LogP) is 3.41. The van der Waals surface area contributed by atoms with E-state index in [0.717, 1.165) is 23.6 Å². The van der Waals surface area contributed by atoms with Crippen molar-refractivity contribution in [2.45, 2.75) is 26.3 Å². The van der Waals surface area contributed by atoms with Gasteiger partial charge in [0.05, 0.1) is 11.7 Å². The third-order valence-corrected chi connectivity index (χ3v) is 4.36. The molecule has 0 spiro atoms. The Bertz CT molecular complexity index is 938. The van der Waals surface area contributed by atoms with Gasteiger partial charge in [-0.1, -0.05) is 18.2 Å². The Labute approximate surface area is 151 Å². The molecule has 0 aliphatic carbocycles. The number of carbonyl (C=O) groups is 1. The Hall–Kier alpha value is -3.22. The van der Waals surface area contributed by atoms with E-state index in [0.29, 0.717) is 24.0 Å². The summed E-state index contributed by atoms with van der Waals surface area (Å²) in [6.07, 6.45) is 2.27. The number of carbonyl (C=O) groups excluding carboxylic acids is 1. The molecular formula is C19H19N5O2. The number of para-hydroxylation sites is 1. The molecule has 3 aromatic rings. The molecule has 7 heteroatoms. The number of aryl methyl sites for hydroxylation is 2. The van der Waals surface area contributed by atoms with Crippen molar-refractivity contribution in [2.75, 3.05) is 11.9 Å². The highest BCUT2D eigenvalue weighted by atomic mass is 16.3. The molecule has 4 rings (SSSR count). The smallest absolute Gasteiger partial charge is 0.276 e. The second-order valence-corrected chi connectivity index (χ2v) is 6.27. The van der Waals surface area contributed by atoms with Crippen molar-refractivity contribution in [2.24, 2.45) is 0 Å². The molecule has 26 heavy (non-hydrogen) atoms. The summed E-state index contributed by atoms with van der Waals surface area (Å²) in [6.45, 7) is 4.26. The molecule has 132 valence electrons. The van der Waals surface area contributed by atoms with Gasteiger partial charge >= 0.3 is 0 Å². The number of benzene rings is 1. The van der Waals surface area contributed by atoms with E-state index in [4.69, 9.17) is 4.42 Å². The molecule has 2 aromatic heterocycles. The topological polar surface area (TPSA) is 84.2 Å². The van der Waals surface area contributed by atoms with Crippen LogP contribution in [0.5, 0.6) is 0 Å². The van der Waals surface area contributed by atoms with E-state index in [9.17, 15) is 4.79 Å². The van der Waals surface area contributed by atoms with Gasteiger partial charge in [0.25, 0.3) is 5.91 Å². The van der Waals surface area contributed by atoms with Crippen molar-refractivity contribution in [3.05, 3.63) is 65.8 Å². The summed E-state index contributed by atoms with van der Waals surface area (Å²) in [6, 6.07) is 11.7. The number of aromatic nitrogens is 3. The second kappa shape index (κ2) is 6.59. The minimum Gasteiger partial charge on any atom is -0.448 e. The van der Waals surface area contributed by atoms with E-state index in [2.05, 4.69) is 20.3 Å². The summed E-state index contributed by atoms with van der Waals surface area (Å²) in [7, 11) is 0. The minimum absolute atomic E-state index is 0.0717. The van der Waals surface area contributed by atoms with Gasteiger partial charge in [0, 0.05) is 25.2 Å². The van der Waals surface area contributed by atoms with Crippen LogP contribution in [0.2, 0.25) is 0 Å². The SMILES string of the molecule is Cc1nc(Nc2ccccc2)cc(C2CCN2C(=O)c2coc(C)n2)n1. The normalized spacial score (nSPS) is 16.2. The van der Waals surface area contributed by atoms with Gasteiger partial charge in [-0.25, -0.2) is 15.0 Å². The first kappa shape index (κ1) is 16.3. The molecule has 0 radical (unpaired) electrons. The summed E-state index contributed by atoms with van der Waals surface area (Å²) < 4.78 is 5.16. The molecule has 1 saturated heterocycles. The number of hydrogen-bond donors (Lipinski definition) is 1. The van der Waals surface area contributed by atoms with Crippen LogP contribution in [0.15, 0.2) is 47.1 Å². The molecule has 1 aromatic carbocycles. The van der Waals surface area contributed by atoms with E-state index in [1.54, 1.807) is 11.8 Å². The average molecular weight is 349 g/mol. The number of nitrogens with zero attached hydrogens (tertiary/aromatic N) is 4. The fourth-order valence-electron chi connectivity index (χ4n) is 3.04. The van der Waals surface area contributed by atoms with Crippen LogP contribution in [0.4, 0.5) is 11.5 Å². The number of hydrogen-bond acceptors (Lipinski definition) is 6. The summed E-state index contributed by atoms with van der Waals surface area (Å²) in [5.74, 6) is 1.73. The molecule has 0 bridgehead atoms. The predicted molar refractivity (Wildman–Crippen MR) is 96.1 cm³/mol. The van der Waals surface area contributed by atoms with Crippen LogP contribution in [-0.4, -0.2) is 32.3 Å². The lowest BCUT2D eigenvalue weighted by atomic mass is 9.98. The average Bonchev–Trinajstić information content (AvgIpc) is 3.01. The third kappa shape index (κ3) is 3.15. The zero-order valence-corrected chi connectivity index (χ0v) is 14.6. The van der Waals surface area contributed by atoms with Gasteiger partial charge in [-0.15, -0.1) is 0 Å². The summed E-state index contributed by atoms with van der Waals surface area (Å²) in [4.78, 5) is 27.5. The van der Waals surface area contributed by atoms with Crippen LogP contribution in [-0.2, 0) is 0 Å². The van der Waals surface area contributed by atoms with Gasteiger partial charge in [0.15, 0.2) is 11.6 Å². The van der Waals surface area contributed by atoms with Gasteiger partial charge in [-0.2, -0.15) is 0 Å². The molecule has 1 atom stereocenters. The second-order valence-electron chi connectivity index (χ2n) is 6.27. The molecule has 1 amide bonds. The maximum Gasteiger partial charge on any atom is 0.276 e. The lowest BCUT2D eigenvalue weighted by Crippen LogP contribution is -2.45. The molecule has 1 aliphatic rings. The van der Waals surface area contributed by atoms with Crippen molar-refractivity contribution in [3.8, 4) is 0 Å². The van der Waals surface area contributed by atoms with Crippen LogP contribution < -0.4 is 5.32 Å². The van der Waals surface area contributed by atoms with E-state index in [-0.39, 0.29) is 11.9 Å². The first-order chi connectivity index (χ1) is 12.6. The summed E-state index contributed by atoms with van der Waals surface area (Å²) in [5.41, 5.74) is 2.12. The molecule has 1 aliphatic heterocycles. The molecular weight excluding hydrogens is 330 g/mol. The number of oxazole rings is 1. The van der Waals surface area contributed by atoms with Gasteiger partial charge in [-0.05, 0) is 25.5 Å². The van der Waals surface area contributed by atoms with Crippen LogP contribution in [0.25, 0.3) is 0 Å². The highest BCUT2D eigenvalue weighted by Crippen LogP contribution is 2.34. The highest BCUT2D eigenvalue weighted by Gasteiger charge is 2.36. The molecule has 0 saturated carbocycles. The molecule has 3 heterocycles. The zero-order valence-electron chi connectivity index (χ0n) is 14.6. The lowest BCUT2D eigenvalue weighted by molar-refractivity contribution is 0.0444. The molecule has 1 N–H and O–H groups in total. The van der Waals surface area contributed by atoms with Gasteiger partial charge < -0.3 is 14.6 Å². The maximum atomic E-state index is 12.6. The van der Waals surface area contributed by atoms with E-state index >= 15 is 0 Å². The fraction of sp³-hybridized carbons (Fsp3) is 0.263. The fourth-order valence-corrected chi connectivity index (χ4v) is 3.04. The van der Waals surface area contributed by atoms with E-state index in [1.807, 2.05) is 43.3 Å². The monoisotopic (exact) mass is 349 g/mol.